The largest absolute Gasteiger partial charge is 0.494 e. The van der Waals surface area contributed by atoms with E-state index in [1.54, 1.807) is 31.2 Å². The van der Waals surface area contributed by atoms with Gasteiger partial charge in [-0.25, -0.2) is 13.8 Å². The van der Waals surface area contributed by atoms with Gasteiger partial charge in [-0.1, -0.05) is 12.1 Å². The van der Waals surface area contributed by atoms with Gasteiger partial charge in [-0.3, -0.25) is 4.79 Å². The fourth-order valence-corrected chi connectivity index (χ4v) is 5.67. The first-order valence-electron chi connectivity index (χ1n) is 14.1. The van der Waals surface area contributed by atoms with Gasteiger partial charge in [0.2, 0.25) is 0 Å². The van der Waals surface area contributed by atoms with Gasteiger partial charge in [0.05, 0.1) is 23.8 Å². The number of benzene rings is 2. The number of halogens is 5. The zero-order chi connectivity index (χ0) is 31.2. The lowest BCUT2D eigenvalue weighted by Gasteiger charge is -2.23. The molecule has 1 saturated carbocycles. The number of alkyl halides is 5. The van der Waals surface area contributed by atoms with E-state index in [0.29, 0.717) is 39.2 Å². The third kappa shape index (κ3) is 5.41. The van der Waals surface area contributed by atoms with Gasteiger partial charge in [0.25, 0.3) is 5.91 Å². The molecule has 6 rings (SSSR count). The molecule has 0 spiro atoms. The van der Waals surface area contributed by atoms with Crippen LogP contribution >= 0.6 is 0 Å². The van der Waals surface area contributed by atoms with Crippen molar-refractivity contribution in [1.82, 2.24) is 20.5 Å². The number of hydrogen-bond donors (Lipinski definition) is 1. The van der Waals surface area contributed by atoms with Crippen molar-refractivity contribution in [3.05, 3.63) is 76.6 Å². The van der Waals surface area contributed by atoms with E-state index < -0.39 is 30.5 Å². The minimum atomic E-state index is -4.53. The van der Waals surface area contributed by atoms with Crippen LogP contribution in [0.5, 0.6) is 11.5 Å². The Kier molecular flexibility index (Phi) is 7.63. The second-order valence-corrected chi connectivity index (χ2v) is 11.4. The summed E-state index contributed by atoms with van der Waals surface area (Å²) in [5, 5.41) is 11.9. The molecule has 2 aromatic carbocycles. The van der Waals surface area contributed by atoms with E-state index in [1.807, 2.05) is 0 Å². The van der Waals surface area contributed by atoms with Gasteiger partial charge in [0.1, 0.15) is 42.7 Å². The first kappa shape index (κ1) is 29.7. The van der Waals surface area contributed by atoms with Crippen LogP contribution in [-0.2, 0) is 11.6 Å². The molecular weight excluding hydrogens is 583 g/mol. The van der Waals surface area contributed by atoms with Crippen LogP contribution in [-0.4, -0.2) is 54.7 Å². The Balaban J connectivity index is 1.35. The molecular formula is C32H29F5N4O3. The van der Waals surface area contributed by atoms with E-state index in [0.717, 1.165) is 25.0 Å². The minimum absolute atomic E-state index is 0.151. The lowest BCUT2D eigenvalue weighted by molar-refractivity contribution is -0.137. The fraction of sp³-hybridized carbons (Fsp3) is 0.375. The monoisotopic (exact) mass is 612 g/mol. The average Bonchev–Trinajstić information content (AvgIpc) is 3.79. The highest BCUT2D eigenvalue weighted by Crippen LogP contribution is 2.49. The molecule has 1 amide bonds. The number of nitrogens with zero attached hydrogens (tertiary/aromatic N) is 3. The van der Waals surface area contributed by atoms with Gasteiger partial charge < -0.3 is 14.8 Å². The van der Waals surface area contributed by atoms with Crippen LogP contribution in [0.25, 0.3) is 22.2 Å². The molecule has 0 saturated heterocycles. The zero-order valence-electron chi connectivity index (χ0n) is 24.0. The smallest absolute Gasteiger partial charge is 0.416 e. The minimum Gasteiger partial charge on any atom is -0.494 e. The molecule has 0 bridgehead atoms. The number of carbonyl (C=O) groups excluding carboxylic acids is 1. The van der Waals surface area contributed by atoms with Crippen LogP contribution in [0.4, 0.5) is 22.0 Å². The van der Waals surface area contributed by atoms with Crippen molar-refractivity contribution in [2.45, 2.75) is 37.3 Å². The molecule has 1 aliphatic heterocycles. The van der Waals surface area contributed by atoms with Crippen molar-refractivity contribution >= 4 is 16.8 Å². The van der Waals surface area contributed by atoms with Crippen molar-refractivity contribution in [3.8, 4) is 22.8 Å². The normalized spacial score (nSPS) is 16.3. The van der Waals surface area contributed by atoms with Gasteiger partial charge in [-0.05, 0) is 62.1 Å². The molecule has 7 nitrogen and oxygen atoms in total. The van der Waals surface area contributed by atoms with Crippen molar-refractivity contribution in [1.29, 1.82) is 0 Å². The lowest BCUT2D eigenvalue weighted by atomic mass is 9.83. The highest BCUT2D eigenvalue weighted by atomic mass is 19.4. The third-order valence-corrected chi connectivity index (χ3v) is 8.37. The van der Waals surface area contributed by atoms with Gasteiger partial charge in [-0.15, -0.1) is 5.10 Å². The highest BCUT2D eigenvalue weighted by Gasteiger charge is 2.45. The topological polar surface area (TPSA) is 86.2 Å². The summed E-state index contributed by atoms with van der Waals surface area (Å²) >= 11 is 0. The summed E-state index contributed by atoms with van der Waals surface area (Å²) in [4.78, 5) is 18.2. The molecule has 2 aromatic heterocycles. The van der Waals surface area contributed by atoms with Crippen LogP contribution in [0.3, 0.4) is 0 Å². The molecule has 44 heavy (non-hydrogen) atoms. The van der Waals surface area contributed by atoms with Gasteiger partial charge in [0.15, 0.2) is 0 Å². The lowest BCUT2D eigenvalue weighted by Crippen LogP contribution is -2.33. The van der Waals surface area contributed by atoms with Crippen LogP contribution in [0.1, 0.15) is 51.6 Å². The third-order valence-electron chi connectivity index (χ3n) is 8.37. The fourth-order valence-electron chi connectivity index (χ4n) is 5.67. The molecule has 1 fully saturated rings. The summed E-state index contributed by atoms with van der Waals surface area (Å²) in [6, 6.07) is 11.1. The average molecular weight is 613 g/mol. The van der Waals surface area contributed by atoms with E-state index in [1.165, 1.54) is 19.2 Å². The Hall–Kier alpha value is -4.35. The SMILES string of the molecule is COc1cc(C(=O)NCC(c2cc3c(c(-c4ccc(C(F)(F)F)cc4)n2)OCC3(CF)CF)C2CC2)cc2cc(C)nnc12. The molecule has 1 aliphatic carbocycles. The van der Waals surface area contributed by atoms with Gasteiger partial charge >= 0.3 is 6.18 Å². The van der Waals surface area contributed by atoms with Crippen LogP contribution in [0, 0.1) is 12.8 Å². The van der Waals surface area contributed by atoms with Crippen LogP contribution < -0.4 is 14.8 Å². The Labute approximate surface area is 249 Å². The molecule has 1 atom stereocenters. The Bertz CT molecular complexity index is 1720. The Morgan fingerprint density at radius 2 is 1.82 bits per heavy atom. The number of fused-ring (bicyclic) bond motifs is 2. The molecule has 3 heterocycles. The first-order valence-corrected chi connectivity index (χ1v) is 14.1. The molecule has 2 aliphatic rings. The summed E-state index contributed by atoms with van der Waals surface area (Å²) in [6.45, 7) is -0.336. The number of amides is 1. The second kappa shape index (κ2) is 11.3. The van der Waals surface area contributed by atoms with Crippen LogP contribution in [0.2, 0.25) is 0 Å². The summed E-state index contributed by atoms with van der Waals surface area (Å²) in [6.07, 6.45) is -2.80. The predicted molar refractivity (Wildman–Crippen MR) is 152 cm³/mol. The number of rotatable bonds is 9. The van der Waals surface area contributed by atoms with Crippen molar-refractivity contribution in [2.75, 3.05) is 33.6 Å². The zero-order valence-corrected chi connectivity index (χ0v) is 24.0. The number of pyridine rings is 1. The van der Waals surface area contributed by atoms with E-state index >= 15 is 0 Å². The maximum absolute atomic E-state index is 14.4. The molecule has 12 heteroatoms. The molecule has 4 aromatic rings. The summed E-state index contributed by atoms with van der Waals surface area (Å²) in [7, 11) is 1.48. The summed E-state index contributed by atoms with van der Waals surface area (Å²) < 4.78 is 79.6. The van der Waals surface area contributed by atoms with Crippen LogP contribution in [0.15, 0.2) is 48.5 Å². The van der Waals surface area contributed by atoms with Gasteiger partial charge in [-0.2, -0.15) is 18.3 Å². The maximum atomic E-state index is 14.4. The van der Waals surface area contributed by atoms with Crippen molar-refractivity contribution in [2.24, 2.45) is 5.92 Å². The van der Waals surface area contributed by atoms with Crippen molar-refractivity contribution in [3.63, 3.8) is 0 Å². The van der Waals surface area contributed by atoms with E-state index in [2.05, 4.69) is 15.5 Å². The number of carbonyl (C=O) groups is 1. The molecule has 230 valence electrons. The first-order chi connectivity index (χ1) is 21.1. The standard InChI is InChI=1S/C32H29F5N4O3/c1-17-9-20-10-21(11-26(43-2)27(20)41-40-17)30(42)38-13-23(18-3-4-18)25-12-24-29(44-16-31(24,14-33)15-34)28(39-25)19-5-7-22(8-6-19)32(35,36)37/h5-12,18,23H,3-4,13-16H2,1-2H3,(H,38,42). The Morgan fingerprint density at radius 3 is 2.45 bits per heavy atom. The maximum Gasteiger partial charge on any atom is 0.416 e. The summed E-state index contributed by atoms with van der Waals surface area (Å²) in [5.41, 5.74) is 0.485. The number of aryl methyl sites for hydroxylation is 1. The Morgan fingerprint density at radius 1 is 1.09 bits per heavy atom. The van der Waals surface area contributed by atoms with Crippen molar-refractivity contribution < 1.29 is 36.2 Å². The second-order valence-electron chi connectivity index (χ2n) is 11.4. The molecule has 1 unspecified atom stereocenters. The number of ether oxygens (including phenoxy) is 2. The number of nitrogens with one attached hydrogen (secondary N) is 1. The van der Waals surface area contributed by atoms with E-state index in [9.17, 15) is 26.7 Å². The van der Waals surface area contributed by atoms with Gasteiger partial charge in [0, 0.05) is 40.2 Å². The quantitative estimate of drug-likeness (QED) is 0.217. The van der Waals surface area contributed by atoms with E-state index in [-0.39, 0.29) is 47.9 Å². The van der Waals surface area contributed by atoms with E-state index in [4.69, 9.17) is 14.5 Å². The number of hydrogen-bond acceptors (Lipinski definition) is 6. The summed E-state index contributed by atoms with van der Waals surface area (Å²) in [5.74, 6) is 0.0288. The number of aromatic nitrogens is 3. The number of methoxy groups -OCH3 is 1. The highest BCUT2D eigenvalue weighted by molar-refractivity contribution is 5.99. The predicted octanol–water partition coefficient (Wildman–Crippen LogP) is 6.52. The molecule has 0 radical (unpaired) electrons. The molecule has 1 N–H and O–H groups in total.